The molecule has 2 aromatic heterocycles. The quantitative estimate of drug-likeness (QED) is 0.504. The molecule has 0 spiro atoms. The van der Waals surface area contributed by atoms with Crippen LogP contribution >= 0.6 is 0 Å². The second-order valence-electron chi connectivity index (χ2n) is 8.13. The van der Waals surface area contributed by atoms with Gasteiger partial charge in [-0.25, -0.2) is 14.2 Å². The average molecular weight is 418 g/mol. The number of imidazole rings is 1. The number of ether oxygens (including phenoxy) is 2. The minimum Gasteiger partial charge on any atom is -0.486 e. The highest BCUT2D eigenvalue weighted by Crippen LogP contribution is 2.21. The minimum absolute atomic E-state index is 0.0383. The van der Waals surface area contributed by atoms with Crippen LogP contribution in [0.1, 0.15) is 50.5 Å². The first-order valence-corrected chi connectivity index (χ1v) is 10.5. The predicted octanol–water partition coefficient (Wildman–Crippen LogP) is 1.97. The maximum Gasteiger partial charge on any atom is 0.360 e. The first-order valence-electron chi connectivity index (χ1n) is 10.5. The van der Waals surface area contributed by atoms with E-state index in [2.05, 4.69) is 18.8 Å². The standard InChI is InChI=1S/C21H30N4O5/c1-5-6-9-30-18-17(20(28)29-4)22-21-23(7-8-25(21)19(18)27)13-16(26)24-11-14(2)10-15(3)12-24/h7-8,14-15H,5-6,9-13H2,1-4H3/t14-,15-/m1/s1. The second kappa shape index (κ2) is 9.32. The van der Waals surface area contributed by atoms with E-state index in [1.165, 1.54) is 17.7 Å². The number of aromatic nitrogens is 3. The van der Waals surface area contributed by atoms with Gasteiger partial charge >= 0.3 is 11.5 Å². The van der Waals surface area contributed by atoms with Crippen molar-refractivity contribution >= 4 is 17.7 Å². The van der Waals surface area contributed by atoms with Crippen molar-refractivity contribution < 1.29 is 19.1 Å². The molecule has 1 aliphatic rings. The molecular weight excluding hydrogens is 388 g/mol. The molecule has 1 fully saturated rings. The molecule has 164 valence electrons. The first-order chi connectivity index (χ1) is 14.3. The smallest absolute Gasteiger partial charge is 0.360 e. The van der Waals surface area contributed by atoms with Crippen LogP contribution in [0.3, 0.4) is 0 Å². The van der Waals surface area contributed by atoms with Crippen LogP contribution in [0, 0.1) is 11.8 Å². The fraction of sp³-hybridized carbons (Fsp3) is 0.619. The molecule has 0 aromatic carbocycles. The van der Waals surface area contributed by atoms with Crippen LogP contribution in [-0.4, -0.2) is 57.5 Å². The molecule has 0 N–H and O–H groups in total. The van der Waals surface area contributed by atoms with Crippen LogP contribution in [-0.2, 0) is 16.1 Å². The Balaban J connectivity index is 1.93. The van der Waals surface area contributed by atoms with Crippen molar-refractivity contribution in [3.63, 3.8) is 0 Å². The maximum absolute atomic E-state index is 12.9. The zero-order valence-corrected chi connectivity index (χ0v) is 18.1. The summed E-state index contributed by atoms with van der Waals surface area (Å²) in [6.07, 6.45) is 5.89. The minimum atomic E-state index is -0.751. The lowest BCUT2D eigenvalue weighted by atomic mass is 9.92. The Morgan fingerprint density at radius 3 is 2.53 bits per heavy atom. The number of carbonyl (C=O) groups is 2. The molecule has 0 unspecified atom stereocenters. The highest BCUT2D eigenvalue weighted by Gasteiger charge is 2.27. The maximum atomic E-state index is 12.9. The van der Waals surface area contributed by atoms with Gasteiger partial charge in [0, 0.05) is 25.5 Å². The van der Waals surface area contributed by atoms with Crippen molar-refractivity contribution in [1.82, 2.24) is 18.9 Å². The second-order valence-corrected chi connectivity index (χ2v) is 8.13. The fourth-order valence-electron chi connectivity index (χ4n) is 3.98. The number of carbonyl (C=O) groups excluding carboxylic acids is 2. The van der Waals surface area contributed by atoms with Gasteiger partial charge in [0.05, 0.1) is 13.7 Å². The predicted molar refractivity (Wildman–Crippen MR) is 111 cm³/mol. The van der Waals surface area contributed by atoms with Gasteiger partial charge in [-0.3, -0.25) is 9.59 Å². The number of unbranched alkanes of at least 4 members (excludes halogenated alkanes) is 1. The molecule has 0 saturated carbocycles. The van der Waals surface area contributed by atoms with E-state index in [9.17, 15) is 14.4 Å². The number of hydrogen-bond acceptors (Lipinski definition) is 6. The van der Waals surface area contributed by atoms with Crippen molar-refractivity contribution in [2.75, 3.05) is 26.8 Å². The van der Waals surface area contributed by atoms with Crippen LogP contribution < -0.4 is 10.3 Å². The van der Waals surface area contributed by atoms with E-state index in [-0.39, 0.29) is 29.7 Å². The summed E-state index contributed by atoms with van der Waals surface area (Å²) in [4.78, 5) is 44.2. The fourth-order valence-corrected chi connectivity index (χ4v) is 3.98. The van der Waals surface area contributed by atoms with Crippen molar-refractivity contribution in [3.05, 3.63) is 28.4 Å². The van der Waals surface area contributed by atoms with E-state index >= 15 is 0 Å². The summed E-state index contributed by atoms with van der Waals surface area (Å²) >= 11 is 0. The Morgan fingerprint density at radius 1 is 1.20 bits per heavy atom. The average Bonchev–Trinajstić information content (AvgIpc) is 3.11. The third kappa shape index (κ3) is 4.49. The summed E-state index contributed by atoms with van der Waals surface area (Å²) in [5.74, 6) is 0.190. The number of amides is 1. The number of likely N-dealkylation sites (tertiary alicyclic amines) is 1. The van der Waals surface area contributed by atoms with Crippen LogP contribution in [0.25, 0.3) is 5.78 Å². The SMILES string of the molecule is CCCCOc1c(C(=O)OC)nc2n(CC(=O)N3C[C@H](C)C[C@@H](C)C3)ccn2c1=O. The number of esters is 1. The summed E-state index contributed by atoms with van der Waals surface area (Å²) in [6, 6.07) is 0. The highest BCUT2D eigenvalue weighted by atomic mass is 16.5. The molecule has 1 saturated heterocycles. The Hall–Kier alpha value is -2.84. The van der Waals surface area contributed by atoms with Gasteiger partial charge in [-0.1, -0.05) is 27.2 Å². The van der Waals surface area contributed by atoms with Gasteiger partial charge in [0.25, 0.3) is 0 Å². The third-order valence-corrected chi connectivity index (χ3v) is 5.36. The van der Waals surface area contributed by atoms with E-state index in [0.717, 1.165) is 32.4 Å². The lowest BCUT2D eigenvalue weighted by Gasteiger charge is -2.35. The van der Waals surface area contributed by atoms with E-state index in [1.807, 2.05) is 11.8 Å². The van der Waals surface area contributed by atoms with Crippen molar-refractivity contribution in [2.45, 2.75) is 46.6 Å². The molecule has 3 rings (SSSR count). The summed E-state index contributed by atoms with van der Waals surface area (Å²) in [5.41, 5.74) is -0.672. The van der Waals surface area contributed by atoms with E-state index < -0.39 is 11.5 Å². The largest absolute Gasteiger partial charge is 0.486 e. The van der Waals surface area contributed by atoms with E-state index in [4.69, 9.17) is 9.47 Å². The van der Waals surface area contributed by atoms with Crippen LogP contribution in [0.15, 0.2) is 17.2 Å². The molecule has 1 amide bonds. The molecular formula is C21H30N4O5. The summed E-state index contributed by atoms with van der Waals surface area (Å²) in [7, 11) is 1.23. The van der Waals surface area contributed by atoms with E-state index in [1.54, 1.807) is 10.8 Å². The molecule has 9 nitrogen and oxygen atoms in total. The molecule has 9 heteroatoms. The number of hydrogen-bond donors (Lipinski definition) is 0. The summed E-state index contributed by atoms with van der Waals surface area (Å²) in [5, 5.41) is 0. The number of nitrogens with zero attached hydrogens (tertiary/aromatic N) is 4. The highest BCUT2D eigenvalue weighted by molar-refractivity contribution is 5.90. The number of methoxy groups -OCH3 is 1. The molecule has 0 aliphatic carbocycles. The zero-order chi connectivity index (χ0) is 21.8. The number of rotatable bonds is 7. The Bertz CT molecular complexity index is 970. The molecule has 3 heterocycles. The molecule has 0 radical (unpaired) electrons. The zero-order valence-electron chi connectivity index (χ0n) is 18.1. The summed E-state index contributed by atoms with van der Waals surface area (Å²) in [6.45, 7) is 8.07. The number of piperidine rings is 1. The lowest BCUT2D eigenvalue weighted by molar-refractivity contribution is -0.134. The molecule has 30 heavy (non-hydrogen) atoms. The normalized spacial score (nSPS) is 19.1. The molecule has 2 atom stereocenters. The third-order valence-electron chi connectivity index (χ3n) is 5.36. The van der Waals surface area contributed by atoms with Gasteiger partial charge in [-0.2, -0.15) is 0 Å². The van der Waals surface area contributed by atoms with Crippen LogP contribution in [0.5, 0.6) is 5.75 Å². The topological polar surface area (TPSA) is 95.1 Å². The van der Waals surface area contributed by atoms with Gasteiger partial charge < -0.3 is 18.9 Å². The first kappa shape index (κ1) is 21.9. The molecule has 2 aromatic rings. The molecule has 1 aliphatic heterocycles. The van der Waals surface area contributed by atoms with Crippen LogP contribution in [0.2, 0.25) is 0 Å². The van der Waals surface area contributed by atoms with Gasteiger partial charge in [0.15, 0.2) is 5.69 Å². The monoisotopic (exact) mass is 418 g/mol. The van der Waals surface area contributed by atoms with E-state index in [0.29, 0.717) is 18.4 Å². The molecule has 0 bridgehead atoms. The van der Waals surface area contributed by atoms with Crippen LogP contribution in [0.4, 0.5) is 0 Å². The Morgan fingerprint density at radius 2 is 1.90 bits per heavy atom. The van der Waals surface area contributed by atoms with Gasteiger partial charge in [-0.15, -0.1) is 0 Å². The van der Waals surface area contributed by atoms with Gasteiger partial charge in [0.1, 0.15) is 6.54 Å². The van der Waals surface area contributed by atoms with Gasteiger partial charge in [-0.05, 0) is 24.7 Å². The van der Waals surface area contributed by atoms with Crippen molar-refractivity contribution in [2.24, 2.45) is 11.8 Å². The van der Waals surface area contributed by atoms with Crippen molar-refractivity contribution in [3.8, 4) is 5.75 Å². The number of fused-ring (bicyclic) bond motifs is 1. The Kier molecular flexibility index (Phi) is 6.79. The summed E-state index contributed by atoms with van der Waals surface area (Å²) < 4.78 is 13.2. The lowest BCUT2D eigenvalue weighted by Crippen LogP contribution is -2.44. The van der Waals surface area contributed by atoms with Gasteiger partial charge in [0.2, 0.25) is 17.4 Å². The Labute approximate surface area is 175 Å². The van der Waals surface area contributed by atoms with Crippen molar-refractivity contribution in [1.29, 1.82) is 0 Å².